The van der Waals surface area contributed by atoms with Crippen molar-refractivity contribution in [3.05, 3.63) is 59.7 Å². The third-order valence-electron chi connectivity index (χ3n) is 5.18. The number of ketones is 1. The van der Waals surface area contributed by atoms with Gasteiger partial charge in [0.15, 0.2) is 5.78 Å². The maximum absolute atomic E-state index is 12.9. The molecule has 6 heteroatoms. The van der Waals surface area contributed by atoms with Crippen LogP contribution in [0.4, 0.5) is 0 Å². The molecule has 144 valence electrons. The molecule has 0 spiro atoms. The molecule has 3 atom stereocenters. The highest BCUT2D eigenvalue weighted by atomic mass is 16.5. The Labute approximate surface area is 162 Å². The molecule has 2 aromatic rings. The Bertz CT molecular complexity index is 934. The molecule has 0 saturated carbocycles. The molecule has 2 aromatic carbocycles. The number of hydrogen-bond donors (Lipinski definition) is 0. The number of ether oxygens (including phenoxy) is 3. The zero-order valence-electron chi connectivity index (χ0n) is 15.4. The van der Waals surface area contributed by atoms with Gasteiger partial charge < -0.3 is 14.2 Å². The molecular formula is C22H20O6. The third kappa shape index (κ3) is 3.26. The first-order chi connectivity index (χ1) is 13.6. The number of benzene rings is 2. The van der Waals surface area contributed by atoms with Gasteiger partial charge in [-0.05, 0) is 30.7 Å². The summed E-state index contributed by atoms with van der Waals surface area (Å²) >= 11 is 0. The molecule has 2 heterocycles. The Morgan fingerprint density at radius 3 is 2.57 bits per heavy atom. The number of rotatable bonds is 4. The monoisotopic (exact) mass is 380 g/mol. The SMILES string of the molecule is CCOC(=O)C[C@@H]1c2ccccc2OC(=O)[C@H]1[C@@H]1CC(=O)c2ccccc2O1. The van der Waals surface area contributed by atoms with Gasteiger partial charge in [-0.2, -0.15) is 0 Å². The fraction of sp³-hybridized carbons (Fsp3) is 0.318. The number of para-hydroxylation sites is 2. The van der Waals surface area contributed by atoms with Gasteiger partial charge in [0.05, 0.1) is 18.6 Å². The molecule has 6 nitrogen and oxygen atoms in total. The topological polar surface area (TPSA) is 78.9 Å². The fourth-order valence-electron chi connectivity index (χ4n) is 3.96. The van der Waals surface area contributed by atoms with E-state index >= 15 is 0 Å². The van der Waals surface area contributed by atoms with Crippen LogP contribution in [0.1, 0.15) is 41.6 Å². The Kier molecular flexibility index (Phi) is 4.86. The summed E-state index contributed by atoms with van der Waals surface area (Å²) in [7, 11) is 0. The second-order valence-corrected chi connectivity index (χ2v) is 6.88. The maximum atomic E-state index is 12.9. The Balaban J connectivity index is 1.71. The summed E-state index contributed by atoms with van der Waals surface area (Å²) in [6, 6.07) is 14.1. The van der Waals surface area contributed by atoms with Crippen molar-refractivity contribution in [1.29, 1.82) is 0 Å². The number of fused-ring (bicyclic) bond motifs is 2. The second-order valence-electron chi connectivity index (χ2n) is 6.88. The van der Waals surface area contributed by atoms with Crippen LogP contribution in [-0.2, 0) is 14.3 Å². The van der Waals surface area contributed by atoms with E-state index in [1.54, 1.807) is 43.3 Å². The predicted octanol–water partition coefficient (Wildman–Crippen LogP) is 3.29. The highest BCUT2D eigenvalue weighted by molar-refractivity contribution is 6.00. The standard InChI is InChI=1S/C22H20O6/c1-2-26-20(24)11-15-13-7-3-5-9-17(13)28-22(25)21(15)19-12-16(23)14-8-4-6-10-18(14)27-19/h3-10,15,19,21H,2,11-12H2,1H3/t15-,19+,21-/m1/s1. The molecule has 0 fully saturated rings. The van der Waals surface area contributed by atoms with Crippen LogP contribution < -0.4 is 9.47 Å². The lowest BCUT2D eigenvalue weighted by atomic mass is 9.76. The lowest BCUT2D eigenvalue weighted by Crippen LogP contribution is -2.45. The van der Waals surface area contributed by atoms with Crippen LogP contribution in [0.5, 0.6) is 11.5 Å². The normalized spacial score (nSPS) is 23.1. The molecular weight excluding hydrogens is 360 g/mol. The van der Waals surface area contributed by atoms with Crippen LogP contribution in [0.2, 0.25) is 0 Å². The van der Waals surface area contributed by atoms with Crippen molar-refractivity contribution >= 4 is 17.7 Å². The van der Waals surface area contributed by atoms with E-state index in [9.17, 15) is 14.4 Å². The lowest BCUT2D eigenvalue weighted by Gasteiger charge is -2.37. The summed E-state index contributed by atoms with van der Waals surface area (Å²) < 4.78 is 16.6. The number of carbonyl (C=O) groups excluding carboxylic acids is 3. The molecule has 0 aromatic heterocycles. The van der Waals surface area contributed by atoms with Crippen molar-refractivity contribution in [3.8, 4) is 11.5 Å². The van der Waals surface area contributed by atoms with Gasteiger partial charge in [0.2, 0.25) is 0 Å². The molecule has 2 aliphatic heterocycles. The van der Waals surface area contributed by atoms with Crippen molar-refractivity contribution < 1.29 is 28.6 Å². The molecule has 0 saturated heterocycles. The molecule has 2 aliphatic rings. The van der Waals surface area contributed by atoms with Crippen LogP contribution in [0.25, 0.3) is 0 Å². The zero-order chi connectivity index (χ0) is 19.7. The number of Topliss-reactive ketones (excluding diaryl/α,β-unsaturated/α-hetero) is 1. The molecule has 4 rings (SSSR count). The predicted molar refractivity (Wildman–Crippen MR) is 99.4 cm³/mol. The van der Waals surface area contributed by atoms with Crippen molar-refractivity contribution in [2.24, 2.45) is 5.92 Å². The van der Waals surface area contributed by atoms with Gasteiger partial charge >= 0.3 is 11.9 Å². The van der Waals surface area contributed by atoms with Crippen molar-refractivity contribution in [2.75, 3.05) is 6.61 Å². The first-order valence-corrected chi connectivity index (χ1v) is 9.33. The van der Waals surface area contributed by atoms with E-state index in [2.05, 4.69) is 0 Å². The number of hydrogen-bond acceptors (Lipinski definition) is 6. The van der Waals surface area contributed by atoms with Gasteiger partial charge in [-0.15, -0.1) is 0 Å². The number of esters is 2. The fourth-order valence-corrected chi connectivity index (χ4v) is 3.96. The molecule has 0 radical (unpaired) electrons. The minimum atomic E-state index is -0.781. The molecule has 0 bridgehead atoms. The van der Waals surface area contributed by atoms with Crippen LogP contribution in [0, 0.1) is 5.92 Å². The first kappa shape index (κ1) is 18.2. The quantitative estimate of drug-likeness (QED) is 0.598. The molecule has 0 amide bonds. The third-order valence-corrected chi connectivity index (χ3v) is 5.18. The van der Waals surface area contributed by atoms with Crippen LogP contribution in [-0.4, -0.2) is 30.4 Å². The van der Waals surface area contributed by atoms with E-state index in [1.165, 1.54) is 0 Å². The highest BCUT2D eigenvalue weighted by Gasteiger charge is 2.47. The van der Waals surface area contributed by atoms with Crippen molar-refractivity contribution in [1.82, 2.24) is 0 Å². The van der Waals surface area contributed by atoms with Crippen molar-refractivity contribution in [2.45, 2.75) is 31.8 Å². The summed E-state index contributed by atoms with van der Waals surface area (Å²) in [5.74, 6) is -1.37. The van der Waals surface area contributed by atoms with E-state index in [-0.39, 0.29) is 25.2 Å². The summed E-state index contributed by atoms with van der Waals surface area (Å²) in [4.78, 5) is 37.7. The van der Waals surface area contributed by atoms with E-state index in [1.807, 2.05) is 12.1 Å². The van der Waals surface area contributed by atoms with Gasteiger partial charge in [-0.25, -0.2) is 0 Å². The van der Waals surface area contributed by atoms with E-state index in [4.69, 9.17) is 14.2 Å². The molecule has 0 N–H and O–H groups in total. The Morgan fingerprint density at radius 1 is 1.07 bits per heavy atom. The minimum absolute atomic E-state index is 0.0142. The summed E-state index contributed by atoms with van der Waals surface area (Å²) in [6.45, 7) is 1.99. The van der Waals surface area contributed by atoms with Gasteiger partial charge in [0, 0.05) is 12.3 Å². The smallest absolute Gasteiger partial charge is 0.318 e. The van der Waals surface area contributed by atoms with Crippen molar-refractivity contribution in [3.63, 3.8) is 0 Å². The summed E-state index contributed by atoms with van der Waals surface area (Å²) in [6.07, 6.45) is -0.638. The van der Waals surface area contributed by atoms with Gasteiger partial charge in [-0.1, -0.05) is 30.3 Å². The Hall–Kier alpha value is -3.15. The van der Waals surface area contributed by atoms with Crippen LogP contribution in [0.3, 0.4) is 0 Å². The highest BCUT2D eigenvalue weighted by Crippen LogP contribution is 2.44. The average Bonchev–Trinajstić information content (AvgIpc) is 2.68. The maximum Gasteiger partial charge on any atom is 0.318 e. The second kappa shape index (κ2) is 7.46. The number of carbonyl (C=O) groups is 3. The minimum Gasteiger partial charge on any atom is -0.488 e. The largest absolute Gasteiger partial charge is 0.488 e. The van der Waals surface area contributed by atoms with Crippen LogP contribution >= 0.6 is 0 Å². The first-order valence-electron chi connectivity index (χ1n) is 9.33. The summed E-state index contributed by atoms with van der Waals surface area (Å²) in [5, 5.41) is 0. The van der Waals surface area contributed by atoms with E-state index in [0.717, 1.165) is 5.56 Å². The van der Waals surface area contributed by atoms with Gasteiger partial charge in [0.25, 0.3) is 0 Å². The molecule has 0 unspecified atom stereocenters. The van der Waals surface area contributed by atoms with Crippen LogP contribution in [0.15, 0.2) is 48.5 Å². The van der Waals surface area contributed by atoms with Gasteiger partial charge in [-0.3, -0.25) is 14.4 Å². The van der Waals surface area contributed by atoms with E-state index in [0.29, 0.717) is 17.1 Å². The van der Waals surface area contributed by atoms with Gasteiger partial charge in [0.1, 0.15) is 23.5 Å². The van der Waals surface area contributed by atoms with E-state index < -0.39 is 29.9 Å². The summed E-state index contributed by atoms with van der Waals surface area (Å²) in [5.41, 5.74) is 1.25. The average molecular weight is 380 g/mol. The molecule has 0 aliphatic carbocycles. The lowest BCUT2D eigenvalue weighted by molar-refractivity contribution is -0.148. The molecule has 28 heavy (non-hydrogen) atoms. The zero-order valence-corrected chi connectivity index (χ0v) is 15.4. The Morgan fingerprint density at radius 2 is 1.79 bits per heavy atom.